The molecule has 5 nitrogen and oxygen atoms in total. The van der Waals surface area contributed by atoms with Gasteiger partial charge in [-0.3, -0.25) is 9.89 Å². The fraction of sp³-hybridized carbons (Fsp3) is 0.714. The van der Waals surface area contributed by atoms with Gasteiger partial charge in [0.05, 0.1) is 11.8 Å². The molecule has 1 amide bonds. The summed E-state index contributed by atoms with van der Waals surface area (Å²) >= 11 is 0. The normalized spacial score (nSPS) is 19.1. The summed E-state index contributed by atoms with van der Waals surface area (Å²) in [7, 11) is 0. The fourth-order valence-corrected chi connectivity index (χ4v) is 2.60. The summed E-state index contributed by atoms with van der Waals surface area (Å²) in [5.74, 6) is 0.561. The number of amides is 1. The molecule has 1 atom stereocenters. The molecular formula is C14H24N4O. The quantitative estimate of drug-likeness (QED) is 0.848. The van der Waals surface area contributed by atoms with E-state index in [1.54, 1.807) is 6.20 Å². The molecule has 2 heterocycles. The van der Waals surface area contributed by atoms with Crippen molar-refractivity contribution in [1.29, 1.82) is 0 Å². The predicted molar refractivity (Wildman–Crippen MR) is 75.1 cm³/mol. The Bertz CT molecular complexity index is 421. The largest absolute Gasteiger partial charge is 0.337 e. The highest BCUT2D eigenvalue weighted by Gasteiger charge is 2.24. The molecule has 1 aliphatic heterocycles. The molecule has 1 fully saturated rings. The molecule has 106 valence electrons. The standard InChI is InChI=1S/C14H24N4O/c1-10(2)8-18(9-12-5-4-6-15-12)14(19)13-7-16-17-11(13)3/h7,10,12,15H,4-6,8-9H2,1-3H3,(H,16,17). The average Bonchev–Trinajstić information content (AvgIpc) is 2.98. The summed E-state index contributed by atoms with van der Waals surface area (Å²) in [6.45, 7) is 8.83. The maximum Gasteiger partial charge on any atom is 0.257 e. The molecule has 0 spiro atoms. The van der Waals surface area contributed by atoms with Gasteiger partial charge in [-0.25, -0.2) is 0 Å². The van der Waals surface area contributed by atoms with E-state index in [1.165, 1.54) is 6.42 Å². The van der Waals surface area contributed by atoms with Crippen LogP contribution in [0.4, 0.5) is 0 Å². The van der Waals surface area contributed by atoms with Crippen molar-refractivity contribution in [2.24, 2.45) is 5.92 Å². The lowest BCUT2D eigenvalue weighted by molar-refractivity contribution is 0.0720. The second-order valence-corrected chi connectivity index (χ2v) is 5.81. The Labute approximate surface area is 114 Å². The number of rotatable bonds is 5. The lowest BCUT2D eigenvalue weighted by Gasteiger charge is -2.27. The van der Waals surface area contributed by atoms with E-state index in [2.05, 4.69) is 29.4 Å². The first-order valence-corrected chi connectivity index (χ1v) is 7.10. The molecule has 2 rings (SSSR count). The van der Waals surface area contributed by atoms with Crippen LogP contribution in [0.25, 0.3) is 0 Å². The number of aromatic nitrogens is 2. The molecular weight excluding hydrogens is 240 g/mol. The van der Waals surface area contributed by atoms with E-state index in [0.717, 1.165) is 31.7 Å². The number of nitrogens with zero attached hydrogens (tertiary/aromatic N) is 2. The van der Waals surface area contributed by atoms with E-state index in [-0.39, 0.29) is 5.91 Å². The zero-order valence-corrected chi connectivity index (χ0v) is 12.1. The van der Waals surface area contributed by atoms with Crippen LogP contribution in [0.2, 0.25) is 0 Å². The van der Waals surface area contributed by atoms with Gasteiger partial charge in [0.1, 0.15) is 0 Å². The summed E-state index contributed by atoms with van der Waals surface area (Å²) in [5, 5.41) is 10.2. The van der Waals surface area contributed by atoms with E-state index in [4.69, 9.17) is 0 Å². The van der Waals surface area contributed by atoms with Gasteiger partial charge in [0.2, 0.25) is 0 Å². The van der Waals surface area contributed by atoms with Crippen molar-refractivity contribution in [2.75, 3.05) is 19.6 Å². The van der Waals surface area contributed by atoms with Gasteiger partial charge in [0.15, 0.2) is 0 Å². The first kappa shape index (κ1) is 14.1. The number of H-pyrrole nitrogens is 1. The van der Waals surface area contributed by atoms with Crippen molar-refractivity contribution in [2.45, 2.75) is 39.7 Å². The molecule has 0 saturated carbocycles. The monoisotopic (exact) mass is 264 g/mol. The minimum Gasteiger partial charge on any atom is -0.337 e. The highest BCUT2D eigenvalue weighted by molar-refractivity contribution is 5.95. The Morgan fingerprint density at radius 2 is 2.37 bits per heavy atom. The molecule has 0 aromatic carbocycles. The summed E-state index contributed by atoms with van der Waals surface area (Å²) in [4.78, 5) is 14.6. The number of carbonyl (C=O) groups is 1. The second kappa shape index (κ2) is 6.19. The predicted octanol–water partition coefficient (Wildman–Crippen LogP) is 1.57. The lowest BCUT2D eigenvalue weighted by Crippen LogP contribution is -2.43. The van der Waals surface area contributed by atoms with Gasteiger partial charge in [-0.15, -0.1) is 0 Å². The molecule has 1 saturated heterocycles. The van der Waals surface area contributed by atoms with Gasteiger partial charge in [-0.1, -0.05) is 13.8 Å². The van der Waals surface area contributed by atoms with Crippen LogP contribution >= 0.6 is 0 Å². The third kappa shape index (κ3) is 3.56. The van der Waals surface area contributed by atoms with Gasteiger partial charge in [0, 0.05) is 24.8 Å². The number of aryl methyl sites for hydroxylation is 1. The van der Waals surface area contributed by atoms with Crippen LogP contribution in [0.1, 0.15) is 42.7 Å². The van der Waals surface area contributed by atoms with Gasteiger partial charge in [0.25, 0.3) is 5.91 Å². The molecule has 0 bridgehead atoms. The Morgan fingerprint density at radius 3 is 2.89 bits per heavy atom. The molecule has 0 aliphatic carbocycles. The smallest absolute Gasteiger partial charge is 0.257 e. The second-order valence-electron chi connectivity index (χ2n) is 5.81. The molecule has 0 radical (unpaired) electrons. The number of carbonyl (C=O) groups excluding carboxylic acids is 1. The summed E-state index contributed by atoms with van der Waals surface area (Å²) in [6, 6.07) is 0.440. The van der Waals surface area contributed by atoms with Crippen LogP contribution < -0.4 is 5.32 Å². The van der Waals surface area contributed by atoms with Crippen LogP contribution in [-0.2, 0) is 0 Å². The fourth-order valence-electron chi connectivity index (χ4n) is 2.60. The number of nitrogens with one attached hydrogen (secondary N) is 2. The van der Waals surface area contributed by atoms with Crippen molar-refractivity contribution in [3.63, 3.8) is 0 Å². The van der Waals surface area contributed by atoms with Gasteiger partial charge in [-0.05, 0) is 32.2 Å². The highest BCUT2D eigenvalue weighted by Crippen LogP contribution is 2.13. The van der Waals surface area contributed by atoms with Crippen molar-refractivity contribution < 1.29 is 4.79 Å². The van der Waals surface area contributed by atoms with Crippen LogP contribution in [0.5, 0.6) is 0 Å². The molecule has 1 aromatic rings. The van der Waals surface area contributed by atoms with E-state index >= 15 is 0 Å². The van der Waals surface area contributed by atoms with Crippen molar-refractivity contribution >= 4 is 5.91 Å². The summed E-state index contributed by atoms with van der Waals surface area (Å²) in [5.41, 5.74) is 1.54. The van der Waals surface area contributed by atoms with Crippen LogP contribution in [-0.4, -0.2) is 46.7 Å². The van der Waals surface area contributed by atoms with Crippen molar-refractivity contribution in [3.05, 3.63) is 17.5 Å². The Kier molecular flexibility index (Phi) is 4.58. The first-order valence-electron chi connectivity index (χ1n) is 7.10. The number of aromatic amines is 1. The maximum absolute atomic E-state index is 12.6. The van der Waals surface area contributed by atoms with E-state index < -0.39 is 0 Å². The molecule has 1 aliphatic rings. The highest BCUT2D eigenvalue weighted by atomic mass is 16.2. The summed E-state index contributed by atoms with van der Waals surface area (Å²) in [6.07, 6.45) is 4.00. The number of hydrogen-bond donors (Lipinski definition) is 2. The Hall–Kier alpha value is -1.36. The maximum atomic E-state index is 12.6. The third-order valence-corrected chi connectivity index (χ3v) is 3.54. The number of hydrogen-bond acceptors (Lipinski definition) is 3. The zero-order valence-electron chi connectivity index (χ0n) is 12.1. The first-order chi connectivity index (χ1) is 9.08. The average molecular weight is 264 g/mol. The Balaban J connectivity index is 2.07. The minimum absolute atomic E-state index is 0.0913. The molecule has 1 unspecified atom stereocenters. The van der Waals surface area contributed by atoms with Crippen LogP contribution in [0, 0.1) is 12.8 Å². The zero-order chi connectivity index (χ0) is 13.8. The van der Waals surface area contributed by atoms with Crippen LogP contribution in [0.3, 0.4) is 0 Å². The molecule has 2 N–H and O–H groups in total. The molecule has 19 heavy (non-hydrogen) atoms. The SMILES string of the molecule is Cc1[nH]ncc1C(=O)N(CC(C)C)CC1CCCN1. The summed E-state index contributed by atoms with van der Waals surface area (Å²) < 4.78 is 0. The third-order valence-electron chi connectivity index (χ3n) is 3.54. The van der Waals surface area contributed by atoms with Gasteiger partial charge in [-0.2, -0.15) is 5.10 Å². The minimum atomic E-state index is 0.0913. The van der Waals surface area contributed by atoms with E-state index in [0.29, 0.717) is 17.5 Å². The van der Waals surface area contributed by atoms with Crippen molar-refractivity contribution in [1.82, 2.24) is 20.4 Å². The van der Waals surface area contributed by atoms with Crippen molar-refractivity contribution in [3.8, 4) is 0 Å². The van der Waals surface area contributed by atoms with Gasteiger partial charge >= 0.3 is 0 Å². The lowest BCUT2D eigenvalue weighted by atomic mass is 10.1. The Morgan fingerprint density at radius 1 is 1.58 bits per heavy atom. The van der Waals surface area contributed by atoms with Crippen LogP contribution in [0.15, 0.2) is 6.20 Å². The molecule has 5 heteroatoms. The van der Waals surface area contributed by atoms with Gasteiger partial charge < -0.3 is 10.2 Å². The molecule has 1 aromatic heterocycles. The van der Waals surface area contributed by atoms with E-state index in [9.17, 15) is 4.79 Å². The topological polar surface area (TPSA) is 61.0 Å². The van der Waals surface area contributed by atoms with E-state index in [1.807, 2.05) is 11.8 Å².